The molecule has 3 aromatic rings. The number of benzene rings is 2. The van der Waals surface area contributed by atoms with Crippen LogP contribution in [0.5, 0.6) is 5.75 Å². The van der Waals surface area contributed by atoms with Crippen LogP contribution in [0.2, 0.25) is 0 Å². The van der Waals surface area contributed by atoms with Crippen LogP contribution in [0, 0.1) is 6.92 Å². The Balaban J connectivity index is 1.66. The topological polar surface area (TPSA) is 59.5 Å². The van der Waals surface area contributed by atoms with Crippen molar-refractivity contribution in [3.05, 3.63) is 64.5 Å². The van der Waals surface area contributed by atoms with E-state index in [9.17, 15) is 9.59 Å². The van der Waals surface area contributed by atoms with E-state index < -0.39 is 0 Å². The highest BCUT2D eigenvalue weighted by Crippen LogP contribution is 2.36. The number of carbonyl (C=O) groups is 2. The number of carbonyl (C=O) groups excluding carboxylic acids is 2. The van der Waals surface area contributed by atoms with Gasteiger partial charge >= 0.3 is 0 Å². The zero-order chi connectivity index (χ0) is 18.1. The monoisotopic (exact) mass is 364 g/mol. The van der Waals surface area contributed by atoms with E-state index in [0.29, 0.717) is 17.0 Å². The molecular formula is C20H16N2O3S. The lowest BCUT2D eigenvalue weighted by molar-refractivity contribution is -0.121. The summed E-state index contributed by atoms with van der Waals surface area (Å²) in [6.45, 7) is 1.89. The van der Waals surface area contributed by atoms with Gasteiger partial charge in [-0.2, -0.15) is 0 Å². The van der Waals surface area contributed by atoms with Crippen molar-refractivity contribution in [3.8, 4) is 17.0 Å². The Morgan fingerprint density at radius 1 is 1.23 bits per heavy atom. The summed E-state index contributed by atoms with van der Waals surface area (Å²) in [6, 6.07) is 12.9. The summed E-state index contributed by atoms with van der Waals surface area (Å²) in [6.07, 6.45) is 0. The van der Waals surface area contributed by atoms with E-state index in [0.717, 1.165) is 16.8 Å². The van der Waals surface area contributed by atoms with E-state index >= 15 is 0 Å². The fraction of sp³-hybridized carbons (Fsp3) is 0.150. The third-order valence-electron chi connectivity index (χ3n) is 4.31. The summed E-state index contributed by atoms with van der Waals surface area (Å²) < 4.78 is 5.52. The minimum Gasteiger partial charge on any atom is -0.482 e. The van der Waals surface area contributed by atoms with Crippen LogP contribution in [0.25, 0.3) is 11.3 Å². The van der Waals surface area contributed by atoms with Crippen molar-refractivity contribution in [1.82, 2.24) is 4.98 Å². The number of aryl methyl sites for hydroxylation is 1. The number of anilines is 1. The minimum absolute atomic E-state index is 0.0151. The second-order valence-electron chi connectivity index (χ2n) is 6.11. The molecule has 0 spiro atoms. The largest absolute Gasteiger partial charge is 0.482 e. The van der Waals surface area contributed by atoms with Crippen LogP contribution < -0.4 is 9.64 Å². The zero-order valence-electron chi connectivity index (χ0n) is 14.1. The predicted molar refractivity (Wildman–Crippen MR) is 101 cm³/mol. The van der Waals surface area contributed by atoms with Gasteiger partial charge < -0.3 is 4.74 Å². The number of amides is 1. The number of rotatable bonds is 4. The van der Waals surface area contributed by atoms with Crippen molar-refractivity contribution in [3.63, 3.8) is 0 Å². The van der Waals surface area contributed by atoms with Gasteiger partial charge in [0.05, 0.1) is 23.4 Å². The number of aromatic nitrogens is 1. The van der Waals surface area contributed by atoms with Gasteiger partial charge in [-0.1, -0.05) is 29.8 Å². The highest BCUT2D eigenvalue weighted by Gasteiger charge is 2.28. The van der Waals surface area contributed by atoms with Crippen molar-refractivity contribution >= 4 is 28.7 Å². The number of nitrogens with zero attached hydrogens (tertiary/aromatic N) is 2. The molecule has 0 N–H and O–H groups in total. The van der Waals surface area contributed by atoms with Crippen molar-refractivity contribution in [2.75, 3.05) is 18.1 Å². The second kappa shape index (κ2) is 6.72. The summed E-state index contributed by atoms with van der Waals surface area (Å²) in [4.78, 5) is 30.9. The lowest BCUT2D eigenvalue weighted by Gasteiger charge is -2.29. The maximum absolute atomic E-state index is 12.6. The average Bonchev–Trinajstić information content (AvgIpc) is 3.19. The number of ketones is 1. The minimum atomic E-state index is -0.228. The molecule has 1 aliphatic heterocycles. The van der Waals surface area contributed by atoms with Crippen molar-refractivity contribution in [1.29, 1.82) is 0 Å². The van der Waals surface area contributed by atoms with E-state index in [2.05, 4.69) is 4.98 Å². The maximum atomic E-state index is 12.6. The third kappa shape index (κ3) is 3.11. The number of ether oxygens (including phenoxy) is 1. The molecule has 130 valence electrons. The van der Waals surface area contributed by atoms with Crippen molar-refractivity contribution in [2.45, 2.75) is 6.92 Å². The van der Waals surface area contributed by atoms with Gasteiger partial charge in [-0.15, -0.1) is 11.3 Å². The van der Waals surface area contributed by atoms with E-state index in [1.54, 1.807) is 17.6 Å². The molecule has 0 aliphatic carbocycles. The Kier molecular flexibility index (Phi) is 4.26. The molecule has 2 aromatic carbocycles. The van der Waals surface area contributed by atoms with Crippen LogP contribution >= 0.6 is 11.3 Å². The van der Waals surface area contributed by atoms with Crippen LogP contribution in [0.1, 0.15) is 15.9 Å². The van der Waals surface area contributed by atoms with E-state index in [-0.39, 0.29) is 24.8 Å². The third-order valence-corrected chi connectivity index (χ3v) is 4.89. The number of hydrogen-bond donors (Lipinski definition) is 0. The Labute approximate surface area is 154 Å². The summed E-state index contributed by atoms with van der Waals surface area (Å²) in [7, 11) is 0. The molecule has 26 heavy (non-hydrogen) atoms. The van der Waals surface area contributed by atoms with Gasteiger partial charge in [-0.3, -0.25) is 14.5 Å². The standard InChI is InChI=1S/C20H16N2O3S/c1-13-2-4-14(5-3-13)18(23)9-22-17-8-15(16-11-26-12-21-16)6-7-19(17)25-10-20(22)24/h2-8,11-12H,9-10H2,1H3. The molecule has 0 saturated heterocycles. The number of Topliss-reactive ketones (excluding diaryl/α,β-unsaturated/α-hetero) is 1. The number of hydrogen-bond acceptors (Lipinski definition) is 5. The molecule has 0 atom stereocenters. The van der Waals surface area contributed by atoms with Crippen LogP contribution in [0.4, 0.5) is 5.69 Å². The quantitative estimate of drug-likeness (QED) is 0.662. The first kappa shape index (κ1) is 16.5. The Hall–Kier alpha value is -2.99. The molecule has 2 heterocycles. The molecular weight excluding hydrogens is 348 g/mol. The SMILES string of the molecule is Cc1ccc(C(=O)CN2C(=O)COc3ccc(-c4cscn4)cc32)cc1. The van der Waals surface area contributed by atoms with Crippen molar-refractivity contribution < 1.29 is 14.3 Å². The van der Waals surface area contributed by atoms with Gasteiger partial charge in [-0.05, 0) is 25.1 Å². The Morgan fingerprint density at radius 2 is 2.04 bits per heavy atom. The van der Waals surface area contributed by atoms with Gasteiger partial charge in [0, 0.05) is 16.5 Å². The summed E-state index contributed by atoms with van der Waals surface area (Å²) in [5, 5.41) is 1.94. The van der Waals surface area contributed by atoms with Crippen LogP contribution in [-0.2, 0) is 4.79 Å². The molecule has 1 aliphatic rings. The zero-order valence-corrected chi connectivity index (χ0v) is 15.0. The van der Waals surface area contributed by atoms with Gasteiger partial charge in [0.1, 0.15) is 5.75 Å². The van der Waals surface area contributed by atoms with E-state index in [1.165, 1.54) is 16.2 Å². The predicted octanol–water partition coefficient (Wildman–Crippen LogP) is 3.73. The highest BCUT2D eigenvalue weighted by molar-refractivity contribution is 7.07. The number of thiazole rings is 1. The lowest BCUT2D eigenvalue weighted by atomic mass is 10.1. The number of fused-ring (bicyclic) bond motifs is 1. The lowest BCUT2D eigenvalue weighted by Crippen LogP contribution is -2.42. The van der Waals surface area contributed by atoms with Gasteiger partial charge in [0.2, 0.25) is 0 Å². The first-order valence-electron chi connectivity index (χ1n) is 8.17. The first-order valence-corrected chi connectivity index (χ1v) is 9.12. The fourth-order valence-electron chi connectivity index (χ4n) is 2.86. The van der Waals surface area contributed by atoms with E-state index in [1.807, 2.05) is 42.6 Å². The molecule has 6 heteroatoms. The highest BCUT2D eigenvalue weighted by atomic mass is 32.1. The first-order chi connectivity index (χ1) is 12.6. The molecule has 4 rings (SSSR count). The normalized spacial score (nSPS) is 13.3. The van der Waals surface area contributed by atoms with Gasteiger partial charge in [0.25, 0.3) is 5.91 Å². The second-order valence-corrected chi connectivity index (χ2v) is 6.83. The molecule has 0 saturated carbocycles. The summed E-state index contributed by atoms with van der Waals surface area (Å²) in [5.74, 6) is 0.263. The maximum Gasteiger partial charge on any atom is 0.265 e. The van der Waals surface area contributed by atoms with Crippen LogP contribution in [0.15, 0.2) is 53.4 Å². The molecule has 0 radical (unpaired) electrons. The Morgan fingerprint density at radius 3 is 2.77 bits per heavy atom. The summed E-state index contributed by atoms with van der Waals surface area (Å²) in [5.41, 5.74) is 5.76. The van der Waals surface area contributed by atoms with Crippen LogP contribution in [-0.4, -0.2) is 29.8 Å². The molecule has 0 bridgehead atoms. The Bertz CT molecular complexity index is 965. The van der Waals surface area contributed by atoms with Crippen LogP contribution in [0.3, 0.4) is 0 Å². The van der Waals surface area contributed by atoms with Gasteiger partial charge in [-0.25, -0.2) is 4.98 Å². The molecule has 0 fully saturated rings. The average molecular weight is 364 g/mol. The molecule has 0 unspecified atom stereocenters. The van der Waals surface area contributed by atoms with E-state index in [4.69, 9.17) is 4.74 Å². The fourth-order valence-corrected chi connectivity index (χ4v) is 3.43. The van der Waals surface area contributed by atoms with Gasteiger partial charge in [0.15, 0.2) is 12.4 Å². The molecule has 1 amide bonds. The summed E-state index contributed by atoms with van der Waals surface area (Å²) >= 11 is 1.51. The molecule has 5 nitrogen and oxygen atoms in total. The molecule has 1 aromatic heterocycles. The smallest absolute Gasteiger partial charge is 0.265 e. The van der Waals surface area contributed by atoms with Crippen molar-refractivity contribution in [2.24, 2.45) is 0 Å².